The molecular formula is C14H19BrOS. The molecule has 1 nitrogen and oxygen atoms in total. The summed E-state index contributed by atoms with van der Waals surface area (Å²) >= 11 is 5.53. The summed E-state index contributed by atoms with van der Waals surface area (Å²) in [4.78, 5) is 1.31. The van der Waals surface area contributed by atoms with E-state index in [-0.39, 0.29) is 0 Å². The van der Waals surface area contributed by atoms with Crippen molar-refractivity contribution in [1.29, 1.82) is 0 Å². The zero-order chi connectivity index (χ0) is 12.3. The van der Waals surface area contributed by atoms with Gasteiger partial charge in [0, 0.05) is 14.6 Å². The van der Waals surface area contributed by atoms with E-state index >= 15 is 0 Å². The lowest BCUT2D eigenvalue weighted by Gasteiger charge is -2.21. The van der Waals surface area contributed by atoms with E-state index in [1.54, 1.807) is 6.92 Å². The maximum absolute atomic E-state index is 9.58. The van der Waals surface area contributed by atoms with Crippen LogP contribution >= 0.6 is 27.7 Å². The molecule has 1 aromatic carbocycles. The second-order valence-electron chi connectivity index (χ2n) is 4.74. The first-order chi connectivity index (χ1) is 8.16. The Morgan fingerprint density at radius 2 is 2.00 bits per heavy atom. The zero-order valence-corrected chi connectivity index (χ0v) is 12.6. The number of thioether (sulfide) groups is 1. The average molecular weight is 315 g/mol. The van der Waals surface area contributed by atoms with Gasteiger partial charge in [-0.3, -0.25) is 0 Å². The van der Waals surface area contributed by atoms with Gasteiger partial charge in [-0.05, 0) is 37.5 Å². The molecule has 0 unspecified atom stereocenters. The molecule has 1 N–H and O–H groups in total. The third-order valence-corrected chi connectivity index (χ3v) is 5.29. The van der Waals surface area contributed by atoms with E-state index in [9.17, 15) is 5.11 Å². The van der Waals surface area contributed by atoms with Gasteiger partial charge in [0.15, 0.2) is 0 Å². The molecule has 94 valence electrons. The first kappa shape index (κ1) is 13.4. The van der Waals surface area contributed by atoms with Crippen LogP contribution < -0.4 is 0 Å². The first-order valence-corrected chi connectivity index (χ1v) is 7.98. The van der Waals surface area contributed by atoms with Crippen LogP contribution in [0.5, 0.6) is 0 Å². The predicted octanol–water partition coefficient (Wildman–Crippen LogP) is 4.93. The normalized spacial score (nSPS) is 19.2. The topological polar surface area (TPSA) is 20.2 Å². The molecule has 1 aromatic rings. The maximum Gasteiger partial charge on any atom is 0.0772 e. The van der Waals surface area contributed by atoms with Gasteiger partial charge in [-0.25, -0.2) is 0 Å². The molecule has 17 heavy (non-hydrogen) atoms. The Morgan fingerprint density at radius 1 is 1.29 bits per heavy atom. The number of aliphatic hydroxyl groups is 1. The Labute approximate surface area is 116 Å². The van der Waals surface area contributed by atoms with Gasteiger partial charge in [-0.2, -0.15) is 0 Å². The third kappa shape index (κ3) is 3.73. The van der Waals surface area contributed by atoms with Crippen molar-refractivity contribution in [2.24, 2.45) is 0 Å². The van der Waals surface area contributed by atoms with Crippen molar-refractivity contribution in [3.63, 3.8) is 0 Å². The molecule has 0 spiro atoms. The van der Waals surface area contributed by atoms with Crippen molar-refractivity contribution < 1.29 is 5.11 Å². The Balaban J connectivity index is 2.04. The summed E-state index contributed by atoms with van der Waals surface area (Å²) in [5.41, 5.74) is 0.970. The molecule has 2 rings (SSSR count). The van der Waals surface area contributed by atoms with Gasteiger partial charge in [-0.15, -0.1) is 11.8 Å². The fourth-order valence-corrected chi connectivity index (χ4v) is 4.44. The molecule has 0 saturated heterocycles. The van der Waals surface area contributed by atoms with Crippen LogP contribution in [0.3, 0.4) is 0 Å². The summed E-state index contributed by atoms with van der Waals surface area (Å²) in [6.07, 6.45) is 6.45. The van der Waals surface area contributed by atoms with Crippen LogP contribution in [0.15, 0.2) is 27.6 Å². The van der Waals surface area contributed by atoms with Crippen molar-refractivity contribution >= 4 is 27.7 Å². The van der Waals surface area contributed by atoms with Crippen LogP contribution in [0.1, 0.15) is 50.7 Å². The SMILES string of the molecule is C[C@H](O)c1ccc(SC2CCCCC2)cc1Br. The molecule has 1 aliphatic carbocycles. The lowest BCUT2D eigenvalue weighted by molar-refractivity contribution is 0.198. The van der Waals surface area contributed by atoms with Gasteiger partial charge in [0.25, 0.3) is 0 Å². The summed E-state index contributed by atoms with van der Waals surface area (Å²) in [6, 6.07) is 6.30. The molecule has 0 amide bonds. The van der Waals surface area contributed by atoms with Gasteiger partial charge in [0.05, 0.1) is 6.10 Å². The number of hydrogen-bond donors (Lipinski definition) is 1. The molecule has 1 atom stereocenters. The molecule has 0 aliphatic heterocycles. The molecule has 3 heteroatoms. The third-order valence-electron chi connectivity index (χ3n) is 3.28. The lowest BCUT2D eigenvalue weighted by atomic mass is 10.0. The van der Waals surface area contributed by atoms with Crippen LogP contribution in [-0.2, 0) is 0 Å². The van der Waals surface area contributed by atoms with Crippen LogP contribution in [0.2, 0.25) is 0 Å². The van der Waals surface area contributed by atoms with Crippen molar-refractivity contribution in [2.45, 2.75) is 55.3 Å². The molecular weight excluding hydrogens is 296 g/mol. The van der Waals surface area contributed by atoms with Crippen LogP contribution in [0.25, 0.3) is 0 Å². The molecule has 0 bridgehead atoms. The first-order valence-electron chi connectivity index (χ1n) is 6.31. The Bertz CT molecular complexity index is 372. The van der Waals surface area contributed by atoms with Crippen LogP contribution in [-0.4, -0.2) is 10.4 Å². The highest BCUT2D eigenvalue weighted by molar-refractivity contribution is 9.10. The largest absolute Gasteiger partial charge is 0.389 e. The van der Waals surface area contributed by atoms with Crippen molar-refractivity contribution in [3.05, 3.63) is 28.2 Å². The molecule has 0 radical (unpaired) electrons. The monoisotopic (exact) mass is 314 g/mol. The minimum Gasteiger partial charge on any atom is -0.389 e. The van der Waals surface area contributed by atoms with E-state index in [0.29, 0.717) is 0 Å². The summed E-state index contributed by atoms with van der Waals surface area (Å²) in [5.74, 6) is 0. The van der Waals surface area contributed by atoms with Crippen molar-refractivity contribution in [1.82, 2.24) is 0 Å². The number of rotatable bonds is 3. The predicted molar refractivity (Wildman–Crippen MR) is 77.5 cm³/mol. The summed E-state index contributed by atoms with van der Waals surface area (Å²) < 4.78 is 1.02. The van der Waals surface area contributed by atoms with Crippen LogP contribution in [0.4, 0.5) is 0 Å². The molecule has 1 fully saturated rings. The number of halogens is 1. The highest BCUT2D eigenvalue weighted by Gasteiger charge is 2.15. The van der Waals surface area contributed by atoms with Crippen LogP contribution in [0, 0.1) is 0 Å². The van der Waals surface area contributed by atoms with Gasteiger partial charge in [0.2, 0.25) is 0 Å². The fourth-order valence-electron chi connectivity index (χ4n) is 2.30. The van der Waals surface area contributed by atoms with Gasteiger partial charge < -0.3 is 5.11 Å². The van der Waals surface area contributed by atoms with Gasteiger partial charge >= 0.3 is 0 Å². The Morgan fingerprint density at radius 3 is 2.59 bits per heavy atom. The Kier molecular flexibility index (Phi) is 4.95. The van der Waals surface area contributed by atoms with E-state index in [4.69, 9.17) is 0 Å². The maximum atomic E-state index is 9.58. The molecule has 0 heterocycles. The molecule has 0 aromatic heterocycles. The van der Waals surface area contributed by atoms with E-state index < -0.39 is 6.10 Å². The summed E-state index contributed by atoms with van der Waals surface area (Å²) in [7, 11) is 0. The van der Waals surface area contributed by atoms with Gasteiger partial charge in [0.1, 0.15) is 0 Å². The second-order valence-corrected chi connectivity index (χ2v) is 6.97. The summed E-state index contributed by atoms with van der Waals surface area (Å²) in [6.45, 7) is 1.80. The summed E-state index contributed by atoms with van der Waals surface area (Å²) in [5, 5.41) is 10.4. The van der Waals surface area contributed by atoms with Crippen molar-refractivity contribution in [2.75, 3.05) is 0 Å². The highest BCUT2D eigenvalue weighted by atomic mass is 79.9. The number of hydrogen-bond acceptors (Lipinski definition) is 2. The van der Waals surface area contributed by atoms with Gasteiger partial charge in [-0.1, -0.05) is 41.3 Å². The zero-order valence-electron chi connectivity index (χ0n) is 10.2. The van der Waals surface area contributed by atoms with Crippen molar-refractivity contribution in [3.8, 4) is 0 Å². The molecule has 1 saturated carbocycles. The smallest absolute Gasteiger partial charge is 0.0772 e. The lowest BCUT2D eigenvalue weighted by Crippen LogP contribution is -2.07. The van der Waals surface area contributed by atoms with E-state index in [1.807, 2.05) is 17.8 Å². The van der Waals surface area contributed by atoms with E-state index in [2.05, 4.69) is 28.1 Å². The fraction of sp³-hybridized carbons (Fsp3) is 0.571. The standard InChI is InChI=1S/C14H19BrOS/c1-10(16)13-8-7-12(9-14(13)15)17-11-5-3-2-4-6-11/h7-11,16H,2-6H2,1H3/t10-/m0/s1. The minimum absolute atomic E-state index is 0.405. The average Bonchev–Trinajstić information content (AvgIpc) is 2.30. The number of benzene rings is 1. The quantitative estimate of drug-likeness (QED) is 0.853. The highest BCUT2D eigenvalue weighted by Crippen LogP contribution is 2.36. The minimum atomic E-state index is -0.405. The van der Waals surface area contributed by atoms with E-state index in [1.165, 1.54) is 37.0 Å². The second kappa shape index (κ2) is 6.26. The number of aliphatic hydroxyl groups excluding tert-OH is 1. The Hall–Kier alpha value is 0.01000. The molecule has 1 aliphatic rings. The van der Waals surface area contributed by atoms with E-state index in [0.717, 1.165) is 15.3 Å².